The molecule has 6 heteroatoms. The average Bonchev–Trinajstić information content (AvgIpc) is 2.64. The van der Waals surface area contributed by atoms with Crippen molar-refractivity contribution in [3.05, 3.63) is 22.8 Å². The fourth-order valence-corrected chi connectivity index (χ4v) is 3.52. The van der Waals surface area contributed by atoms with Gasteiger partial charge in [0.15, 0.2) is 0 Å². The molecule has 0 saturated carbocycles. The minimum atomic E-state index is -0.144. The molecule has 3 heterocycles. The summed E-state index contributed by atoms with van der Waals surface area (Å²) in [6.45, 7) is 0.733. The monoisotopic (exact) mass is 282 g/mol. The summed E-state index contributed by atoms with van der Waals surface area (Å²) in [5.41, 5.74) is 3.40. The van der Waals surface area contributed by atoms with Crippen LogP contribution in [0.5, 0.6) is 0 Å². The van der Waals surface area contributed by atoms with Gasteiger partial charge >= 0.3 is 0 Å². The van der Waals surface area contributed by atoms with Crippen molar-refractivity contribution in [3.63, 3.8) is 0 Å². The van der Waals surface area contributed by atoms with Crippen molar-refractivity contribution in [3.8, 4) is 0 Å². The summed E-state index contributed by atoms with van der Waals surface area (Å²) in [5.74, 6) is 6.01. The number of aromatic nitrogens is 1. The second-order valence-electron chi connectivity index (χ2n) is 5.45. The maximum absolute atomic E-state index is 9.82. The van der Waals surface area contributed by atoms with Crippen molar-refractivity contribution in [2.75, 3.05) is 5.43 Å². The van der Waals surface area contributed by atoms with Gasteiger partial charge in [-0.1, -0.05) is 11.6 Å². The zero-order valence-corrected chi connectivity index (χ0v) is 11.5. The SMILES string of the molecule is NNc1ccc(Cl)c(CN2C3CCC2CC(O)C3)n1. The second kappa shape index (κ2) is 5.25. The molecule has 0 aromatic carbocycles. The molecule has 2 atom stereocenters. The first-order valence-corrected chi connectivity index (χ1v) is 7.11. The van der Waals surface area contributed by atoms with Crippen LogP contribution in [0.2, 0.25) is 5.02 Å². The number of anilines is 1. The minimum absolute atomic E-state index is 0.144. The highest BCUT2D eigenvalue weighted by Gasteiger charge is 2.40. The highest BCUT2D eigenvalue weighted by Crippen LogP contribution is 2.37. The number of rotatable bonds is 3. The van der Waals surface area contributed by atoms with Crippen molar-refractivity contribution in [1.82, 2.24) is 9.88 Å². The lowest BCUT2D eigenvalue weighted by molar-refractivity contribution is 0.0304. The summed E-state index contributed by atoms with van der Waals surface area (Å²) in [4.78, 5) is 6.86. The van der Waals surface area contributed by atoms with Gasteiger partial charge in [-0.25, -0.2) is 10.8 Å². The van der Waals surface area contributed by atoms with Crippen LogP contribution in [0.4, 0.5) is 5.82 Å². The molecule has 3 rings (SSSR count). The molecular weight excluding hydrogens is 264 g/mol. The molecule has 2 fully saturated rings. The van der Waals surface area contributed by atoms with E-state index in [0.29, 0.717) is 22.9 Å². The topological polar surface area (TPSA) is 74.4 Å². The van der Waals surface area contributed by atoms with E-state index in [0.717, 1.165) is 37.9 Å². The Morgan fingerprint density at radius 2 is 2.05 bits per heavy atom. The summed E-state index contributed by atoms with van der Waals surface area (Å²) in [5, 5.41) is 10.5. The van der Waals surface area contributed by atoms with Crippen molar-refractivity contribution >= 4 is 17.4 Å². The van der Waals surface area contributed by atoms with E-state index in [-0.39, 0.29) is 6.10 Å². The van der Waals surface area contributed by atoms with Crippen LogP contribution in [0.15, 0.2) is 12.1 Å². The van der Waals surface area contributed by atoms with Crippen molar-refractivity contribution in [2.24, 2.45) is 5.84 Å². The van der Waals surface area contributed by atoms with Gasteiger partial charge in [-0.2, -0.15) is 0 Å². The third-order valence-corrected chi connectivity index (χ3v) is 4.60. The van der Waals surface area contributed by atoms with Crippen molar-refractivity contribution in [2.45, 2.75) is 50.4 Å². The van der Waals surface area contributed by atoms with Gasteiger partial charge in [-0.15, -0.1) is 0 Å². The second-order valence-corrected chi connectivity index (χ2v) is 5.86. The molecular formula is C13H19ClN4O. The summed E-state index contributed by atoms with van der Waals surface area (Å²) in [7, 11) is 0. The number of nitrogens with two attached hydrogens (primary N) is 1. The molecule has 1 aromatic heterocycles. The van der Waals surface area contributed by atoms with E-state index in [9.17, 15) is 5.11 Å². The van der Waals surface area contributed by atoms with E-state index in [2.05, 4.69) is 15.3 Å². The van der Waals surface area contributed by atoms with Gasteiger partial charge in [-0.3, -0.25) is 4.90 Å². The van der Waals surface area contributed by atoms with Crippen molar-refractivity contribution in [1.29, 1.82) is 0 Å². The Morgan fingerprint density at radius 1 is 1.37 bits per heavy atom. The summed E-state index contributed by atoms with van der Waals surface area (Å²) in [6, 6.07) is 4.50. The number of nitrogen functional groups attached to an aromatic ring is 1. The number of hydrogen-bond acceptors (Lipinski definition) is 5. The van der Waals surface area contributed by atoms with Crippen LogP contribution in [-0.2, 0) is 6.54 Å². The zero-order chi connectivity index (χ0) is 13.4. The molecule has 0 amide bonds. The first-order valence-electron chi connectivity index (χ1n) is 6.73. The van der Waals surface area contributed by atoms with E-state index < -0.39 is 0 Å². The molecule has 0 radical (unpaired) electrons. The summed E-state index contributed by atoms with van der Waals surface area (Å²) < 4.78 is 0. The molecule has 2 aliphatic rings. The number of pyridine rings is 1. The van der Waals surface area contributed by atoms with Crippen LogP contribution in [0, 0.1) is 0 Å². The number of piperidine rings is 1. The van der Waals surface area contributed by atoms with E-state index in [4.69, 9.17) is 17.4 Å². The Kier molecular flexibility index (Phi) is 3.62. The number of nitrogens with zero attached hydrogens (tertiary/aromatic N) is 2. The normalized spacial score (nSPS) is 30.6. The molecule has 0 aliphatic carbocycles. The van der Waals surface area contributed by atoms with Crippen LogP contribution < -0.4 is 11.3 Å². The number of nitrogens with one attached hydrogen (secondary N) is 1. The lowest BCUT2D eigenvalue weighted by atomic mass is 10.00. The van der Waals surface area contributed by atoms with Crippen LogP contribution in [0.1, 0.15) is 31.4 Å². The van der Waals surface area contributed by atoms with Gasteiger partial charge in [0.1, 0.15) is 5.82 Å². The number of hydrazine groups is 1. The van der Waals surface area contributed by atoms with Crippen LogP contribution in [0.25, 0.3) is 0 Å². The Labute approximate surface area is 117 Å². The largest absolute Gasteiger partial charge is 0.393 e. The van der Waals surface area contributed by atoms with E-state index in [1.807, 2.05) is 6.07 Å². The first-order chi connectivity index (χ1) is 9.17. The highest BCUT2D eigenvalue weighted by atomic mass is 35.5. The molecule has 2 bridgehead atoms. The fourth-order valence-electron chi connectivity index (χ4n) is 3.35. The molecule has 1 aromatic rings. The fraction of sp³-hybridized carbons (Fsp3) is 0.615. The van der Waals surface area contributed by atoms with Gasteiger partial charge in [0.2, 0.25) is 0 Å². The molecule has 2 aliphatic heterocycles. The Balaban J connectivity index is 1.78. The third kappa shape index (κ3) is 2.56. The Bertz CT molecular complexity index is 456. The maximum Gasteiger partial charge on any atom is 0.140 e. The molecule has 5 nitrogen and oxygen atoms in total. The number of aliphatic hydroxyl groups excluding tert-OH is 1. The lowest BCUT2D eigenvalue weighted by Gasteiger charge is -2.37. The Hall–Kier alpha value is -0.880. The lowest BCUT2D eigenvalue weighted by Crippen LogP contribution is -2.44. The maximum atomic E-state index is 9.82. The van der Waals surface area contributed by atoms with E-state index in [1.54, 1.807) is 6.07 Å². The Morgan fingerprint density at radius 3 is 2.68 bits per heavy atom. The molecule has 2 unspecified atom stereocenters. The van der Waals surface area contributed by atoms with Gasteiger partial charge in [0, 0.05) is 18.6 Å². The van der Waals surface area contributed by atoms with Gasteiger partial charge in [-0.05, 0) is 37.8 Å². The van der Waals surface area contributed by atoms with E-state index in [1.165, 1.54) is 0 Å². The minimum Gasteiger partial charge on any atom is -0.393 e. The summed E-state index contributed by atoms with van der Waals surface area (Å²) in [6.07, 6.45) is 3.91. The average molecular weight is 283 g/mol. The number of halogens is 1. The molecule has 4 N–H and O–H groups in total. The quantitative estimate of drug-likeness (QED) is 0.579. The molecule has 0 spiro atoms. The molecule has 19 heavy (non-hydrogen) atoms. The molecule has 2 saturated heterocycles. The number of aliphatic hydroxyl groups is 1. The van der Waals surface area contributed by atoms with Gasteiger partial charge < -0.3 is 10.5 Å². The zero-order valence-electron chi connectivity index (χ0n) is 10.7. The summed E-state index contributed by atoms with van der Waals surface area (Å²) >= 11 is 6.21. The predicted molar refractivity (Wildman–Crippen MR) is 74.7 cm³/mol. The predicted octanol–water partition coefficient (Wildman–Crippen LogP) is 1.51. The smallest absolute Gasteiger partial charge is 0.140 e. The van der Waals surface area contributed by atoms with Gasteiger partial charge in [0.05, 0.1) is 16.8 Å². The van der Waals surface area contributed by atoms with E-state index >= 15 is 0 Å². The van der Waals surface area contributed by atoms with Crippen molar-refractivity contribution < 1.29 is 5.11 Å². The first kappa shape index (κ1) is 13.1. The molecule has 104 valence electrons. The van der Waals surface area contributed by atoms with Crippen LogP contribution in [-0.4, -0.2) is 33.2 Å². The highest BCUT2D eigenvalue weighted by molar-refractivity contribution is 6.31. The van der Waals surface area contributed by atoms with Crippen LogP contribution in [0.3, 0.4) is 0 Å². The standard InChI is InChI=1S/C13H19ClN4O/c14-11-3-4-13(17-15)16-12(11)7-18-8-1-2-9(18)6-10(19)5-8/h3-4,8-10,19H,1-2,5-7,15H2,(H,16,17). The van der Waals surface area contributed by atoms with Crippen LogP contribution >= 0.6 is 11.6 Å². The number of hydrogen-bond donors (Lipinski definition) is 3. The third-order valence-electron chi connectivity index (χ3n) is 4.26. The number of fused-ring (bicyclic) bond motifs is 2. The van der Waals surface area contributed by atoms with Gasteiger partial charge in [0.25, 0.3) is 0 Å².